The standard InChI is InChI=1S/C12H11BrO4/c1-2-3-12(14)15-6-8-4-10-11(5-9(8)13)17-7-16-10/h2,4-5H,1,3,6-7H2. The van der Waals surface area contributed by atoms with E-state index in [0.29, 0.717) is 11.5 Å². The number of fused-ring (bicyclic) bond motifs is 1. The quantitative estimate of drug-likeness (QED) is 0.633. The number of benzene rings is 1. The molecule has 4 nitrogen and oxygen atoms in total. The van der Waals surface area contributed by atoms with Gasteiger partial charge >= 0.3 is 5.97 Å². The molecule has 0 spiro atoms. The van der Waals surface area contributed by atoms with Gasteiger partial charge in [0.05, 0.1) is 6.42 Å². The number of esters is 1. The molecule has 1 aliphatic heterocycles. The van der Waals surface area contributed by atoms with E-state index in [1.165, 1.54) is 6.08 Å². The molecule has 0 amide bonds. The van der Waals surface area contributed by atoms with Gasteiger partial charge in [-0.25, -0.2) is 0 Å². The van der Waals surface area contributed by atoms with Crippen LogP contribution in [-0.4, -0.2) is 12.8 Å². The van der Waals surface area contributed by atoms with Crippen LogP contribution >= 0.6 is 15.9 Å². The molecule has 1 heterocycles. The molecule has 2 rings (SSSR count). The van der Waals surface area contributed by atoms with Crippen molar-refractivity contribution in [3.05, 3.63) is 34.8 Å². The summed E-state index contributed by atoms with van der Waals surface area (Å²) >= 11 is 3.39. The van der Waals surface area contributed by atoms with Crippen LogP contribution in [-0.2, 0) is 16.1 Å². The van der Waals surface area contributed by atoms with Crippen molar-refractivity contribution in [1.82, 2.24) is 0 Å². The lowest BCUT2D eigenvalue weighted by Gasteiger charge is -2.07. The minimum Gasteiger partial charge on any atom is -0.461 e. The third-order valence-corrected chi connectivity index (χ3v) is 2.98. The summed E-state index contributed by atoms with van der Waals surface area (Å²) < 4.78 is 16.4. The molecule has 0 saturated carbocycles. The molecule has 0 aromatic heterocycles. The Labute approximate surface area is 107 Å². The fraction of sp³-hybridized carbons (Fsp3) is 0.250. The maximum absolute atomic E-state index is 11.2. The second-order valence-corrected chi connectivity index (χ2v) is 4.30. The lowest BCUT2D eigenvalue weighted by molar-refractivity contribution is -0.143. The van der Waals surface area contributed by atoms with Gasteiger partial charge in [0.2, 0.25) is 6.79 Å². The first-order chi connectivity index (χ1) is 8.20. The summed E-state index contributed by atoms with van der Waals surface area (Å²) in [6.07, 6.45) is 1.72. The molecule has 90 valence electrons. The van der Waals surface area contributed by atoms with E-state index in [1.54, 1.807) is 12.1 Å². The summed E-state index contributed by atoms with van der Waals surface area (Å²) in [6.45, 7) is 3.90. The lowest BCUT2D eigenvalue weighted by atomic mass is 10.2. The Morgan fingerprint density at radius 2 is 2.18 bits per heavy atom. The van der Waals surface area contributed by atoms with E-state index in [9.17, 15) is 4.79 Å². The first-order valence-electron chi connectivity index (χ1n) is 5.05. The Morgan fingerprint density at radius 1 is 1.47 bits per heavy atom. The van der Waals surface area contributed by atoms with E-state index in [2.05, 4.69) is 22.5 Å². The van der Waals surface area contributed by atoms with Gasteiger partial charge in [-0.05, 0) is 12.1 Å². The van der Waals surface area contributed by atoms with Gasteiger partial charge < -0.3 is 14.2 Å². The molecule has 1 aliphatic rings. The van der Waals surface area contributed by atoms with Crippen LogP contribution in [0.15, 0.2) is 29.3 Å². The Hall–Kier alpha value is -1.49. The van der Waals surface area contributed by atoms with Crippen LogP contribution in [0.2, 0.25) is 0 Å². The van der Waals surface area contributed by atoms with Crippen molar-refractivity contribution in [2.45, 2.75) is 13.0 Å². The van der Waals surface area contributed by atoms with Crippen molar-refractivity contribution < 1.29 is 19.0 Å². The first kappa shape index (κ1) is 12.0. The Bertz CT molecular complexity index is 456. The summed E-state index contributed by atoms with van der Waals surface area (Å²) in [6, 6.07) is 3.60. The van der Waals surface area contributed by atoms with Crippen LogP contribution in [0.25, 0.3) is 0 Å². The molecule has 0 fully saturated rings. The molecule has 17 heavy (non-hydrogen) atoms. The lowest BCUT2D eigenvalue weighted by Crippen LogP contribution is -2.03. The number of carbonyl (C=O) groups is 1. The van der Waals surface area contributed by atoms with E-state index < -0.39 is 0 Å². The smallest absolute Gasteiger partial charge is 0.309 e. The number of hydrogen-bond acceptors (Lipinski definition) is 4. The molecular formula is C12H11BrO4. The zero-order chi connectivity index (χ0) is 12.3. The van der Waals surface area contributed by atoms with Crippen molar-refractivity contribution in [1.29, 1.82) is 0 Å². The van der Waals surface area contributed by atoms with E-state index in [4.69, 9.17) is 14.2 Å². The van der Waals surface area contributed by atoms with Gasteiger partial charge in [-0.2, -0.15) is 0 Å². The van der Waals surface area contributed by atoms with Gasteiger partial charge in [0.1, 0.15) is 6.61 Å². The van der Waals surface area contributed by atoms with Crippen molar-refractivity contribution in [2.75, 3.05) is 6.79 Å². The highest BCUT2D eigenvalue weighted by molar-refractivity contribution is 9.10. The zero-order valence-electron chi connectivity index (χ0n) is 9.07. The number of halogens is 1. The average Bonchev–Trinajstić information content (AvgIpc) is 2.73. The van der Waals surface area contributed by atoms with Gasteiger partial charge in [-0.3, -0.25) is 4.79 Å². The fourth-order valence-electron chi connectivity index (χ4n) is 1.40. The summed E-state index contributed by atoms with van der Waals surface area (Å²) in [5, 5.41) is 0. The maximum Gasteiger partial charge on any atom is 0.309 e. The minimum absolute atomic E-state index is 0.198. The number of carbonyl (C=O) groups excluding carboxylic acids is 1. The van der Waals surface area contributed by atoms with E-state index in [1.807, 2.05) is 0 Å². The largest absolute Gasteiger partial charge is 0.461 e. The van der Waals surface area contributed by atoms with Crippen LogP contribution in [0.3, 0.4) is 0 Å². The average molecular weight is 299 g/mol. The van der Waals surface area contributed by atoms with Crippen molar-refractivity contribution in [2.24, 2.45) is 0 Å². The molecule has 0 aliphatic carbocycles. The van der Waals surface area contributed by atoms with Crippen molar-refractivity contribution in [3.63, 3.8) is 0 Å². The summed E-state index contributed by atoms with van der Waals surface area (Å²) in [7, 11) is 0. The second-order valence-electron chi connectivity index (χ2n) is 3.45. The van der Waals surface area contributed by atoms with E-state index in [0.717, 1.165) is 10.0 Å². The van der Waals surface area contributed by atoms with Crippen LogP contribution in [0.4, 0.5) is 0 Å². The van der Waals surface area contributed by atoms with Gasteiger partial charge in [0.25, 0.3) is 0 Å². The summed E-state index contributed by atoms with van der Waals surface area (Å²) in [5.74, 6) is 1.06. The predicted molar refractivity (Wildman–Crippen MR) is 64.9 cm³/mol. The normalized spacial score (nSPS) is 12.3. The van der Waals surface area contributed by atoms with Crippen molar-refractivity contribution >= 4 is 21.9 Å². The Morgan fingerprint density at radius 3 is 2.88 bits per heavy atom. The Balaban J connectivity index is 2.06. The molecule has 0 radical (unpaired) electrons. The van der Waals surface area contributed by atoms with Gasteiger partial charge in [-0.1, -0.05) is 22.0 Å². The molecule has 0 saturated heterocycles. The number of rotatable bonds is 4. The molecule has 5 heteroatoms. The van der Waals surface area contributed by atoms with E-state index >= 15 is 0 Å². The SMILES string of the molecule is C=CCC(=O)OCc1cc2c(cc1Br)OCO2. The molecule has 0 bridgehead atoms. The monoisotopic (exact) mass is 298 g/mol. The number of hydrogen-bond donors (Lipinski definition) is 0. The predicted octanol–water partition coefficient (Wildman–Crippen LogP) is 2.80. The van der Waals surface area contributed by atoms with Gasteiger partial charge in [0.15, 0.2) is 11.5 Å². The molecule has 0 N–H and O–H groups in total. The molecular weight excluding hydrogens is 288 g/mol. The van der Waals surface area contributed by atoms with Crippen LogP contribution in [0, 0.1) is 0 Å². The minimum atomic E-state index is -0.301. The molecule has 1 aromatic rings. The highest BCUT2D eigenvalue weighted by atomic mass is 79.9. The molecule has 0 unspecified atom stereocenters. The van der Waals surface area contributed by atoms with Gasteiger partial charge in [0, 0.05) is 10.0 Å². The molecule has 1 aromatic carbocycles. The highest BCUT2D eigenvalue weighted by Crippen LogP contribution is 2.37. The fourth-order valence-corrected chi connectivity index (χ4v) is 1.84. The third kappa shape index (κ3) is 2.79. The van der Waals surface area contributed by atoms with Crippen LogP contribution in [0.1, 0.15) is 12.0 Å². The van der Waals surface area contributed by atoms with Crippen LogP contribution in [0.5, 0.6) is 11.5 Å². The van der Waals surface area contributed by atoms with E-state index in [-0.39, 0.29) is 25.8 Å². The Kier molecular flexibility index (Phi) is 3.68. The second kappa shape index (κ2) is 5.23. The van der Waals surface area contributed by atoms with Gasteiger partial charge in [-0.15, -0.1) is 6.58 Å². The first-order valence-corrected chi connectivity index (χ1v) is 5.84. The molecule has 0 atom stereocenters. The summed E-state index contributed by atoms with van der Waals surface area (Å²) in [4.78, 5) is 11.2. The zero-order valence-corrected chi connectivity index (χ0v) is 10.7. The maximum atomic E-state index is 11.2. The number of ether oxygens (including phenoxy) is 3. The summed E-state index contributed by atoms with van der Waals surface area (Å²) in [5.41, 5.74) is 0.840. The van der Waals surface area contributed by atoms with Crippen molar-refractivity contribution in [3.8, 4) is 11.5 Å². The third-order valence-electron chi connectivity index (χ3n) is 2.24. The topological polar surface area (TPSA) is 44.8 Å². The van der Waals surface area contributed by atoms with Crippen LogP contribution < -0.4 is 9.47 Å². The highest BCUT2D eigenvalue weighted by Gasteiger charge is 2.16.